The van der Waals surface area contributed by atoms with Gasteiger partial charge in [0.15, 0.2) is 6.10 Å². The van der Waals surface area contributed by atoms with Gasteiger partial charge in [0, 0.05) is 0 Å². The molecular weight excluding hydrogens is 570 g/mol. The lowest BCUT2D eigenvalue weighted by Crippen LogP contribution is -2.62. The van der Waals surface area contributed by atoms with Crippen molar-refractivity contribution in [1.29, 1.82) is 0 Å². The van der Waals surface area contributed by atoms with Gasteiger partial charge in [0.2, 0.25) is 0 Å². The molecular formula is C24H16F9O5P. The van der Waals surface area contributed by atoms with Crippen LogP contribution in [0.25, 0.3) is 0 Å². The van der Waals surface area contributed by atoms with E-state index in [9.17, 15) is 30.9 Å². The monoisotopic (exact) mass is 586 g/mol. The number of alkyl halides is 9. The summed E-state index contributed by atoms with van der Waals surface area (Å²) in [6, 6.07) is 17.7. The first-order valence-corrected chi connectivity index (χ1v) is 12.3. The van der Waals surface area contributed by atoms with Gasteiger partial charge in [-0.1, -0.05) is 66.7 Å². The lowest BCUT2D eigenvalue weighted by molar-refractivity contribution is -0.389. The van der Waals surface area contributed by atoms with Gasteiger partial charge in [0.25, 0.3) is 0 Å². The predicted molar refractivity (Wildman–Crippen MR) is 117 cm³/mol. The van der Waals surface area contributed by atoms with E-state index in [-0.39, 0.29) is 11.5 Å². The van der Waals surface area contributed by atoms with Crippen molar-refractivity contribution in [3.63, 3.8) is 0 Å². The van der Waals surface area contributed by atoms with E-state index in [0.717, 1.165) is 48.5 Å². The minimum absolute atomic E-state index is 0.331. The molecule has 0 spiro atoms. The summed E-state index contributed by atoms with van der Waals surface area (Å²) in [5.74, 6) is -26.6. The zero-order valence-corrected chi connectivity index (χ0v) is 20.0. The van der Waals surface area contributed by atoms with Gasteiger partial charge >= 0.3 is 37.6 Å². The van der Waals surface area contributed by atoms with Gasteiger partial charge in [-0.3, -0.25) is 9.26 Å². The van der Waals surface area contributed by atoms with Crippen molar-refractivity contribution >= 4 is 7.82 Å². The third kappa shape index (κ3) is 4.85. The van der Waals surface area contributed by atoms with Gasteiger partial charge in [0.05, 0.1) is 0 Å². The highest BCUT2D eigenvalue weighted by Gasteiger charge is 2.95. The van der Waals surface area contributed by atoms with E-state index in [2.05, 4.69) is 4.74 Å². The van der Waals surface area contributed by atoms with Crippen LogP contribution in [-0.4, -0.2) is 29.7 Å². The van der Waals surface area contributed by atoms with Gasteiger partial charge in [-0.2, -0.15) is 39.5 Å². The fourth-order valence-corrected chi connectivity index (χ4v) is 4.91. The number of benzene rings is 3. The summed E-state index contributed by atoms with van der Waals surface area (Å²) >= 11 is 0. The minimum Gasteiger partial charge on any atom is -0.395 e. The van der Waals surface area contributed by atoms with Crippen LogP contribution in [0.15, 0.2) is 91.0 Å². The van der Waals surface area contributed by atoms with Crippen LogP contribution in [-0.2, 0) is 13.8 Å². The number of para-hydroxylation sites is 2. The predicted octanol–water partition coefficient (Wildman–Crippen LogP) is 8.21. The fourth-order valence-electron chi connectivity index (χ4n) is 3.51. The van der Waals surface area contributed by atoms with Crippen LogP contribution in [0.4, 0.5) is 39.5 Å². The van der Waals surface area contributed by atoms with Gasteiger partial charge in [0.1, 0.15) is 11.5 Å². The fraction of sp³-hybridized carbons (Fsp3) is 0.250. The lowest BCUT2D eigenvalue weighted by atomic mass is 9.92. The molecule has 0 unspecified atom stereocenters. The van der Waals surface area contributed by atoms with E-state index in [0.29, 0.717) is 0 Å². The number of halogens is 9. The average molecular weight is 586 g/mol. The second-order valence-electron chi connectivity index (χ2n) is 8.14. The average Bonchev–Trinajstić information content (AvgIpc) is 2.98. The molecule has 0 radical (unpaired) electrons. The molecule has 4 rings (SSSR count). The van der Waals surface area contributed by atoms with Crippen LogP contribution in [0.5, 0.6) is 11.5 Å². The Morgan fingerprint density at radius 2 is 1.08 bits per heavy atom. The molecule has 1 aliphatic rings. The molecule has 1 saturated heterocycles. The smallest absolute Gasteiger partial charge is 0.395 e. The maximum Gasteiger partial charge on any atom is 0.588 e. The zero-order valence-electron chi connectivity index (χ0n) is 19.1. The molecule has 1 heterocycles. The van der Waals surface area contributed by atoms with E-state index >= 15 is 13.2 Å². The Balaban J connectivity index is 1.84. The van der Waals surface area contributed by atoms with Crippen molar-refractivity contribution in [2.75, 3.05) is 0 Å². The lowest BCUT2D eigenvalue weighted by Gasteiger charge is -2.37. The summed E-state index contributed by atoms with van der Waals surface area (Å²) in [4.78, 5) is 0. The SMILES string of the molecule is O=P(Oc1ccccc1)(Oc1ccccc1)O[C@@H](c1ccccc1)C(F)(F)[C@@]1(F)OC(F)(F)C(F)(F)C1(F)F. The van der Waals surface area contributed by atoms with Gasteiger partial charge in [-0.25, -0.2) is 4.57 Å². The topological polar surface area (TPSA) is 54.0 Å². The molecule has 0 amide bonds. The minimum atomic E-state index is -6.80. The van der Waals surface area contributed by atoms with Crippen molar-refractivity contribution < 1.29 is 62.4 Å². The molecule has 0 saturated carbocycles. The molecule has 0 aliphatic carbocycles. The van der Waals surface area contributed by atoms with Crippen molar-refractivity contribution in [2.24, 2.45) is 0 Å². The molecule has 3 aromatic rings. The van der Waals surface area contributed by atoms with E-state index < -0.39 is 49.2 Å². The second-order valence-corrected chi connectivity index (χ2v) is 9.61. The first-order chi connectivity index (χ1) is 18.1. The summed E-state index contributed by atoms with van der Waals surface area (Å²) in [6.45, 7) is 0. The highest BCUT2D eigenvalue weighted by Crippen LogP contribution is 2.68. The summed E-state index contributed by atoms with van der Waals surface area (Å²) < 4.78 is 162. The summed E-state index contributed by atoms with van der Waals surface area (Å²) in [5.41, 5.74) is -0.953. The zero-order chi connectivity index (χ0) is 28.7. The maximum atomic E-state index is 15.6. The summed E-state index contributed by atoms with van der Waals surface area (Å²) in [7, 11) is -5.48. The number of ether oxygens (including phenoxy) is 1. The number of phosphoric acid groups is 1. The van der Waals surface area contributed by atoms with Crippen LogP contribution in [0.2, 0.25) is 0 Å². The van der Waals surface area contributed by atoms with Gasteiger partial charge < -0.3 is 9.05 Å². The van der Waals surface area contributed by atoms with Crippen LogP contribution >= 0.6 is 7.82 Å². The van der Waals surface area contributed by atoms with Gasteiger partial charge in [-0.15, -0.1) is 0 Å². The molecule has 210 valence electrons. The second kappa shape index (κ2) is 9.76. The first-order valence-electron chi connectivity index (χ1n) is 10.8. The number of hydrogen-bond donors (Lipinski definition) is 0. The molecule has 1 fully saturated rings. The number of phosphoric ester groups is 1. The Kier molecular flexibility index (Phi) is 7.20. The Bertz CT molecular complexity index is 1280. The quantitative estimate of drug-likeness (QED) is 0.187. The molecule has 3 aromatic carbocycles. The summed E-state index contributed by atoms with van der Waals surface area (Å²) in [6.07, 6.45) is -9.92. The van der Waals surface area contributed by atoms with Crippen molar-refractivity contribution in [3.8, 4) is 11.5 Å². The normalized spacial score (nSPS) is 22.7. The van der Waals surface area contributed by atoms with Crippen LogP contribution < -0.4 is 9.05 Å². The molecule has 15 heteroatoms. The molecule has 1 aliphatic heterocycles. The maximum absolute atomic E-state index is 15.6. The summed E-state index contributed by atoms with van der Waals surface area (Å²) in [5, 5.41) is 0. The number of hydrogen-bond acceptors (Lipinski definition) is 5. The first kappa shape index (κ1) is 28.8. The van der Waals surface area contributed by atoms with Crippen LogP contribution in [0, 0.1) is 0 Å². The third-order valence-electron chi connectivity index (χ3n) is 5.45. The molecule has 39 heavy (non-hydrogen) atoms. The Hall–Kier alpha value is -3.22. The largest absolute Gasteiger partial charge is 0.588 e. The molecule has 5 nitrogen and oxygen atoms in total. The van der Waals surface area contributed by atoms with Crippen LogP contribution in [0.3, 0.4) is 0 Å². The highest BCUT2D eigenvalue weighted by molar-refractivity contribution is 7.49. The Labute approximate surface area is 214 Å². The molecule has 0 aromatic heterocycles. The van der Waals surface area contributed by atoms with Crippen molar-refractivity contribution in [2.45, 2.75) is 35.8 Å². The number of rotatable bonds is 9. The van der Waals surface area contributed by atoms with Crippen molar-refractivity contribution in [1.82, 2.24) is 0 Å². The van der Waals surface area contributed by atoms with E-state index in [1.165, 1.54) is 42.5 Å². The Morgan fingerprint density at radius 3 is 1.46 bits per heavy atom. The van der Waals surface area contributed by atoms with E-state index in [4.69, 9.17) is 13.6 Å². The third-order valence-corrected chi connectivity index (χ3v) is 6.79. The Morgan fingerprint density at radius 1 is 0.667 bits per heavy atom. The standard InChI is InChI=1S/C24H16F9O5P/c25-20(26,23(31)21(27,28)22(29,30)24(32,33)38-23)19(16-10-4-1-5-11-16)37-39(34,35-17-12-6-2-7-13-17)36-18-14-8-3-9-15-18/h1-15,19H/t19-,23+/m0/s1. The van der Waals surface area contributed by atoms with Crippen molar-refractivity contribution in [3.05, 3.63) is 96.6 Å². The highest BCUT2D eigenvalue weighted by atomic mass is 31.2. The molecule has 2 atom stereocenters. The van der Waals surface area contributed by atoms with Crippen LogP contribution in [0.1, 0.15) is 11.7 Å². The van der Waals surface area contributed by atoms with E-state index in [1.807, 2.05) is 0 Å². The molecule has 0 N–H and O–H groups in total. The van der Waals surface area contributed by atoms with E-state index in [1.54, 1.807) is 0 Å². The van der Waals surface area contributed by atoms with Gasteiger partial charge in [-0.05, 0) is 29.8 Å². The molecule has 0 bridgehead atoms.